The smallest absolute Gasteiger partial charge is 0.241 e. The van der Waals surface area contributed by atoms with Crippen molar-refractivity contribution in [2.75, 3.05) is 24.2 Å². The third kappa shape index (κ3) is 5.73. The van der Waals surface area contributed by atoms with E-state index in [4.69, 9.17) is 4.74 Å². The van der Waals surface area contributed by atoms with E-state index in [1.54, 1.807) is 13.2 Å². The Kier molecular flexibility index (Phi) is 7.30. The molecule has 1 N–H and O–H groups in total. The van der Waals surface area contributed by atoms with Crippen molar-refractivity contribution < 1.29 is 17.9 Å². The molecular weight excluding hydrogens is 388 g/mol. The molecule has 7 heteroatoms. The standard InChI is InChI=1S/C22H30N2O4S/c1-7-19(18-10-11-21(28-5)17(4)13-18)23-22(25)14-24(29(6,26)27)20-12-15(2)8-9-16(20)3/h8-13,19H,7,14H2,1-6H3,(H,23,25). The fourth-order valence-electron chi connectivity index (χ4n) is 3.28. The van der Waals surface area contributed by atoms with Crippen molar-refractivity contribution in [2.24, 2.45) is 0 Å². The van der Waals surface area contributed by atoms with Crippen LogP contribution in [0, 0.1) is 20.8 Å². The molecule has 1 atom stereocenters. The highest BCUT2D eigenvalue weighted by molar-refractivity contribution is 7.92. The van der Waals surface area contributed by atoms with Crippen LogP contribution in [0.5, 0.6) is 5.75 Å². The average molecular weight is 419 g/mol. The molecule has 29 heavy (non-hydrogen) atoms. The number of sulfonamides is 1. The minimum atomic E-state index is -3.62. The van der Waals surface area contributed by atoms with Gasteiger partial charge in [0, 0.05) is 0 Å². The Balaban J connectivity index is 2.25. The second-order valence-corrected chi connectivity index (χ2v) is 9.22. The number of anilines is 1. The van der Waals surface area contributed by atoms with Crippen molar-refractivity contribution in [3.63, 3.8) is 0 Å². The monoisotopic (exact) mass is 418 g/mol. The zero-order valence-electron chi connectivity index (χ0n) is 17.9. The van der Waals surface area contributed by atoms with Crippen molar-refractivity contribution >= 4 is 21.6 Å². The first-order valence-electron chi connectivity index (χ1n) is 9.55. The number of hydrogen-bond donors (Lipinski definition) is 1. The van der Waals surface area contributed by atoms with Gasteiger partial charge in [0.2, 0.25) is 15.9 Å². The summed E-state index contributed by atoms with van der Waals surface area (Å²) in [5, 5.41) is 2.97. The number of aryl methyl sites for hydroxylation is 3. The van der Waals surface area contributed by atoms with Gasteiger partial charge >= 0.3 is 0 Å². The summed E-state index contributed by atoms with van der Waals surface area (Å²) in [4.78, 5) is 12.8. The highest BCUT2D eigenvalue weighted by Gasteiger charge is 2.24. The summed E-state index contributed by atoms with van der Waals surface area (Å²) in [6.07, 6.45) is 1.80. The summed E-state index contributed by atoms with van der Waals surface area (Å²) in [6, 6.07) is 11.1. The molecule has 0 bridgehead atoms. The van der Waals surface area contributed by atoms with Gasteiger partial charge in [-0.2, -0.15) is 0 Å². The van der Waals surface area contributed by atoms with E-state index >= 15 is 0 Å². The predicted octanol–water partition coefficient (Wildman–Crippen LogP) is 3.65. The molecule has 0 spiro atoms. The number of nitrogens with zero attached hydrogens (tertiary/aromatic N) is 1. The molecule has 158 valence electrons. The summed E-state index contributed by atoms with van der Waals surface area (Å²) in [6.45, 7) is 7.38. The zero-order chi connectivity index (χ0) is 21.8. The van der Waals surface area contributed by atoms with Crippen LogP contribution in [0.1, 0.15) is 41.6 Å². The maximum absolute atomic E-state index is 12.8. The molecule has 0 radical (unpaired) electrons. The number of nitrogens with one attached hydrogen (secondary N) is 1. The first-order valence-corrected chi connectivity index (χ1v) is 11.4. The van der Waals surface area contributed by atoms with Gasteiger partial charge in [0.25, 0.3) is 0 Å². The van der Waals surface area contributed by atoms with E-state index in [-0.39, 0.29) is 18.5 Å². The molecule has 0 heterocycles. The number of hydrogen-bond acceptors (Lipinski definition) is 4. The van der Waals surface area contributed by atoms with Crippen LogP contribution >= 0.6 is 0 Å². The quantitative estimate of drug-likeness (QED) is 0.710. The number of carbonyl (C=O) groups is 1. The Morgan fingerprint density at radius 3 is 2.34 bits per heavy atom. The van der Waals surface area contributed by atoms with Crippen molar-refractivity contribution in [3.8, 4) is 5.75 Å². The van der Waals surface area contributed by atoms with Crippen LogP contribution in [0.25, 0.3) is 0 Å². The predicted molar refractivity (Wildman–Crippen MR) is 117 cm³/mol. The first-order chi connectivity index (χ1) is 13.6. The molecule has 1 unspecified atom stereocenters. The number of rotatable bonds is 8. The lowest BCUT2D eigenvalue weighted by Crippen LogP contribution is -2.41. The summed E-state index contributed by atoms with van der Waals surface area (Å²) in [5.74, 6) is 0.435. The summed E-state index contributed by atoms with van der Waals surface area (Å²) in [5.41, 5.74) is 4.19. The Bertz CT molecular complexity index is 986. The Morgan fingerprint density at radius 2 is 1.79 bits per heavy atom. The van der Waals surface area contributed by atoms with Crippen LogP contribution in [0.4, 0.5) is 5.69 Å². The number of ether oxygens (including phenoxy) is 1. The van der Waals surface area contributed by atoms with Crippen molar-refractivity contribution in [1.29, 1.82) is 0 Å². The molecule has 2 aromatic carbocycles. The minimum Gasteiger partial charge on any atom is -0.496 e. The summed E-state index contributed by atoms with van der Waals surface area (Å²) in [7, 11) is -2.00. The maximum Gasteiger partial charge on any atom is 0.241 e. The zero-order valence-corrected chi connectivity index (χ0v) is 18.8. The lowest BCUT2D eigenvalue weighted by Gasteiger charge is -2.26. The van der Waals surface area contributed by atoms with Gasteiger partial charge in [-0.15, -0.1) is 0 Å². The third-order valence-corrected chi connectivity index (χ3v) is 6.01. The van der Waals surface area contributed by atoms with Crippen LogP contribution in [-0.4, -0.2) is 34.2 Å². The van der Waals surface area contributed by atoms with Gasteiger partial charge in [-0.05, 0) is 61.6 Å². The van der Waals surface area contributed by atoms with E-state index < -0.39 is 10.0 Å². The fourth-order valence-corrected chi connectivity index (χ4v) is 4.18. The normalized spacial score (nSPS) is 12.3. The Morgan fingerprint density at radius 1 is 1.10 bits per heavy atom. The SMILES string of the molecule is CCC(NC(=O)CN(c1cc(C)ccc1C)S(C)(=O)=O)c1ccc(OC)c(C)c1. The first kappa shape index (κ1) is 22.7. The van der Waals surface area contributed by atoms with E-state index in [2.05, 4.69) is 5.32 Å². The molecule has 6 nitrogen and oxygen atoms in total. The largest absolute Gasteiger partial charge is 0.496 e. The molecule has 0 aliphatic rings. The van der Waals surface area contributed by atoms with Gasteiger partial charge in [-0.1, -0.05) is 31.2 Å². The third-order valence-electron chi connectivity index (χ3n) is 4.89. The van der Waals surface area contributed by atoms with E-state index in [0.717, 1.165) is 38.6 Å². The molecule has 0 fully saturated rings. The lowest BCUT2D eigenvalue weighted by molar-refractivity contribution is -0.120. The molecule has 0 aromatic heterocycles. The number of methoxy groups -OCH3 is 1. The molecule has 2 rings (SSSR count). The number of benzene rings is 2. The molecule has 2 aromatic rings. The van der Waals surface area contributed by atoms with Crippen LogP contribution in [-0.2, 0) is 14.8 Å². The topological polar surface area (TPSA) is 75.7 Å². The number of carbonyl (C=O) groups excluding carboxylic acids is 1. The lowest BCUT2D eigenvalue weighted by atomic mass is 10.0. The average Bonchev–Trinajstić information content (AvgIpc) is 2.65. The second kappa shape index (κ2) is 9.31. The maximum atomic E-state index is 12.8. The highest BCUT2D eigenvalue weighted by Crippen LogP contribution is 2.26. The molecule has 0 aliphatic carbocycles. The molecule has 1 amide bonds. The van der Waals surface area contributed by atoms with Crippen LogP contribution in [0.3, 0.4) is 0 Å². The molecule has 0 aliphatic heterocycles. The van der Waals surface area contributed by atoms with Gasteiger partial charge in [0.1, 0.15) is 12.3 Å². The Labute approximate surface area is 173 Å². The van der Waals surface area contributed by atoms with E-state index in [1.165, 1.54) is 0 Å². The van der Waals surface area contributed by atoms with Gasteiger partial charge in [0.15, 0.2) is 0 Å². The van der Waals surface area contributed by atoms with Crippen LogP contribution in [0.15, 0.2) is 36.4 Å². The van der Waals surface area contributed by atoms with Crippen LogP contribution < -0.4 is 14.4 Å². The fraction of sp³-hybridized carbons (Fsp3) is 0.409. The van der Waals surface area contributed by atoms with E-state index in [9.17, 15) is 13.2 Å². The minimum absolute atomic E-state index is 0.216. The van der Waals surface area contributed by atoms with Crippen molar-refractivity contribution in [1.82, 2.24) is 5.32 Å². The van der Waals surface area contributed by atoms with Gasteiger partial charge in [0.05, 0.1) is 25.1 Å². The molecule has 0 saturated carbocycles. The van der Waals surface area contributed by atoms with Gasteiger partial charge in [-0.3, -0.25) is 9.10 Å². The van der Waals surface area contributed by atoms with E-state index in [1.807, 2.05) is 58.0 Å². The molecule has 0 saturated heterocycles. The van der Waals surface area contributed by atoms with Gasteiger partial charge in [-0.25, -0.2) is 8.42 Å². The number of amides is 1. The van der Waals surface area contributed by atoms with Crippen molar-refractivity contribution in [2.45, 2.75) is 40.2 Å². The van der Waals surface area contributed by atoms with Crippen molar-refractivity contribution in [3.05, 3.63) is 58.7 Å². The Hall–Kier alpha value is -2.54. The highest BCUT2D eigenvalue weighted by atomic mass is 32.2. The van der Waals surface area contributed by atoms with Gasteiger partial charge < -0.3 is 10.1 Å². The van der Waals surface area contributed by atoms with E-state index in [0.29, 0.717) is 12.1 Å². The summed E-state index contributed by atoms with van der Waals surface area (Å²) < 4.78 is 31.3. The summed E-state index contributed by atoms with van der Waals surface area (Å²) >= 11 is 0. The van der Waals surface area contributed by atoms with Crippen LogP contribution in [0.2, 0.25) is 0 Å². The second-order valence-electron chi connectivity index (χ2n) is 7.32. The molecular formula is C22H30N2O4S.